The van der Waals surface area contributed by atoms with Crippen LogP contribution in [0.5, 0.6) is 5.75 Å². The van der Waals surface area contributed by atoms with Gasteiger partial charge in [0.2, 0.25) is 0 Å². The van der Waals surface area contributed by atoms with Gasteiger partial charge in [-0.05, 0) is 24.2 Å². The summed E-state index contributed by atoms with van der Waals surface area (Å²) in [7, 11) is 1.52. The van der Waals surface area contributed by atoms with Gasteiger partial charge in [-0.25, -0.2) is 6.08 Å². The quantitative estimate of drug-likeness (QED) is 0.354. The van der Waals surface area contributed by atoms with Crippen LogP contribution < -0.4 is 16.2 Å². The average Bonchev–Trinajstić information content (AvgIpc) is 2.78. The van der Waals surface area contributed by atoms with E-state index in [1.807, 2.05) is 19.9 Å². The van der Waals surface area contributed by atoms with Gasteiger partial charge in [0.25, 0.3) is 0 Å². The molecule has 6 nitrogen and oxygen atoms in total. The third-order valence-electron chi connectivity index (χ3n) is 4.52. The Bertz CT molecular complexity index is 745. The second-order valence-electron chi connectivity index (χ2n) is 6.80. The van der Waals surface area contributed by atoms with Crippen LogP contribution in [-0.4, -0.2) is 18.4 Å². The Hall–Kier alpha value is -1.40. The monoisotopic (exact) mass is 392 g/mol. The minimum atomic E-state index is -1.11. The third kappa shape index (κ3) is 3.60. The summed E-state index contributed by atoms with van der Waals surface area (Å²) in [4.78, 5) is 11.2. The maximum atomic E-state index is 11.2. The number of nitrogens with zero attached hydrogens (tertiary/aromatic N) is 1. The van der Waals surface area contributed by atoms with Crippen LogP contribution in [0.1, 0.15) is 37.5 Å². The summed E-state index contributed by atoms with van der Waals surface area (Å²) in [5.74, 6) is 0.646. The number of allylic oxidation sites excluding steroid dienone is 2. The van der Waals surface area contributed by atoms with Crippen LogP contribution in [0.3, 0.4) is 0 Å². The van der Waals surface area contributed by atoms with Gasteiger partial charge < -0.3 is 20.9 Å². The van der Waals surface area contributed by atoms with E-state index in [2.05, 4.69) is 17.3 Å². The van der Waals surface area contributed by atoms with E-state index < -0.39 is 17.4 Å². The molecule has 1 aromatic rings. The van der Waals surface area contributed by atoms with Crippen molar-refractivity contribution in [2.45, 2.75) is 44.1 Å². The third-order valence-corrected chi connectivity index (χ3v) is 4.52. The number of rotatable bonds is 4. The van der Waals surface area contributed by atoms with Crippen LogP contribution >= 0.6 is 0 Å². The number of nitroso groups, excluding NO2 is 1. The molecule has 1 unspecified atom stereocenters. The van der Waals surface area contributed by atoms with Crippen molar-refractivity contribution in [1.29, 1.82) is 0 Å². The molecule has 0 aromatic heterocycles. The standard InChI is InChI=1S/C18H22N3O3.Zn/c1-11-5-4-8-17(2,9-11)24-14-7-6-13(21-22)15-12(14)10-18(19,20)16(15)23-3;/h5-7,9,16H,8,10,19-20H2,1-3H3;/q-1;/t16-,17?;/m0./s1. The van der Waals surface area contributed by atoms with Gasteiger partial charge in [0.1, 0.15) is 17.5 Å². The Morgan fingerprint density at radius 3 is 2.68 bits per heavy atom. The molecule has 0 radical (unpaired) electrons. The average molecular weight is 394 g/mol. The van der Waals surface area contributed by atoms with E-state index in [0.717, 1.165) is 11.1 Å². The van der Waals surface area contributed by atoms with Gasteiger partial charge in [0.05, 0.1) is 11.3 Å². The number of hydrogen-bond donors (Lipinski definition) is 2. The minimum absolute atomic E-state index is 0. The van der Waals surface area contributed by atoms with Crippen LogP contribution in [0.4, 0.5) is 5.69 Å². The molecule has 25 heavy (non-hydrogen) atoms. The zero-order chi connectivity index (χ0) is 17.5. The normalized spacial score (nSPS) is 26.4. The van der Waals surface area contributed by atoms with Crippen molar-refractivity contribution in [3.05, 3.63) is 52.0 Å². The molecule has 0 amide bonds. The first kappa shape index (κ1) is 19.9. The fourth-order valence-electron chi connectivity index (χ4n) is 3.59. The Morgan fingerprint density at radius 1 is 1.36 bits per heavy atom. The summed E-state index contributed by atoms with van der Waals surface area (Å²) in [6, 6.07) is 3.37. The van der Waals surface area contributed by atoms with Gasteiger partial charge in [-0.1, -0.05) is 6.42 Å². The van der Waals surface area contributed by atoms with E-state index in [-0.39, 0.29) is 25.2 Å². The summed E-state index contributed by atoms with van der Waals surface area (Å²) < 4.78 is 11.7. The molecule has 1 aromatic carbocycles. The number of hydrogen-bond acceptors (Lipinski definition) is 6. The molecule has 0 bridgehead atoms. The largest absolute Gasteiger partial charge is 0.486 e. The SMILES string of the molecule is CO[C@H]1c2c(N=O)ccc(OC3(C)C=C(C)C=[C-]C3)c2CC1(N)N.[Zn]. The van der Waals surface area contributed by atoms with Crippen molar-refractivity contribution >= 4 is 5.69 Å². The van der Waals surface area contributed by atoms with Crippen molar-refractivity contribution in [1.82, 2.24) is 0 Å². The molecule has 0 saturated heterocycles. The fourth-order valence-corrected chi connectivity index (χ4v) is 3.59. The van der Waals surface area contributed by atoms with Crippen molar-refractivity contribution < 1.29 is 29.0 Å². The molecule has 4 N–H and O–H groups in total. The van der Waals surface area contributed by atoms with Crippen LogP contribution in [0.25, 0.3) is 0 Å². The topological polar surface area (TPSA) is 99.9 Å². The summed E-state index contributed by atoms with van der Waals surface area (Å²) in [6.07, 6.45) is 7.59. The Morgan fingerprint density at radius 2 is 2.08 bits per heavy atom. The van der Waals surface area contributed by atoms with Gasteiger partial charge in [0, 0.05) is 44.1 Å². The molecule has 0 aliphatic heterocycles. The molecule has 2 aliphatic rings. The first-order valence-electron chi connectivity index (χ1n) is 7.84. The van der Waals surface area contributed by atoms with Crippen LogP contribution in [0.15, 0.2) is 35.0 Å². The molecular weight excluding hydrogens is 372 g/mol. The molecule has 0 spiro atoms. The molecule has 0 fully saturated rings. The molecule has 2 aliphatic carbocycles. The summed E-state index contributed by atoms with van der Waals surface area (Å²) >= 11 is 0. The number of methoxy groups -OCH3 is 1. The smallest absolute Gasteiger partial charge is 0.124 e. The number of nitrogens with two attached hydrogens (primary N) is 2. The van der Waals surface area contributed by atoms with Crippen LogP contribution in [-0.2, 0) is 30.6 Å². The molecule has 2 atom stereocenters. The molecule has 130 valence electrons. The molecule has 0 saturated carbocycles. The van der Waals surface area contributed by atoms with Crippen molar-refractivity contribution in [2.24, 2.45) is 16.6 Å². The Labute approximate surface area is 160 Å². The molecule has 3 rings (SSSR count). The Balaban J connectivity index is 0.00000225. The maximum absolute atomic E-state index is 11.2. The number of fused-ring (bicyclic) bond motifs is 1. The van der Waals surface area contributed by atoms with E-state index in [4.69, 9.17) is 20.9 Å². The van der Waals surface area contributed by atoms with Crippen LogP contribution in [0.2, 0.25) is 0 Å². The van der Waals surface area contributed by atoms with Gasteiger partial charge in [0.15, 0.2) is 0 Å². The van der Waals surface area contributed by atoms with Gasteiger partial charge in [-0.2, -0.15) is 5.57 Å². The van der Waals surface area contributed by atoms with Gasteiger partial charge >= 0.3 is 0 Å². The predicted octanol–water partition coefficient (Wildman–Crippen LogP) is 2.79. The molecule has 0 heterocycles. The summed E-state index contributed by atoms with van der Waals surface area (Å²) in [5, 5.41) is 3.10. The predicted molar refractivity (Wildman–Crippen MR) is 91.7 cm³/mol. The Kier molecular flexibility index (Phi) is 5.64. The molecule has 7 heteroatoms. The maximum Gasteiger partial charge on any atom is 0.124 e. The van der Waals surface area contributed by atoms with E-state index in [9.17, 15) is 4.91 Å². The van der Waals surface area contributed by atoms with E-state index in [1.54, 1.807) is 12.1 Å². The fraction of sp³-hybridized carbons (Fsp3) is 0.444. The number of benzene rings is 1. The first-order chi connectivity index (χ1) is 11.3. The minimum Gasteiger partial charge on any atom is -0.486 e. The second kappa shape index (κ2) is 7.08. The zero-order valence-electron chi connectivity index (χ0n) is 14.8. The second-order valence-corrected chi connectivity index (χ2v) is 6.80. The van der Waals surface area contributed by atoms with Gasteiger partial charge in [-0.3, -0.25) is 6.08 Å². The van der Waals surface area contributed by atoms with Gasteiger partial charge in [-0.15, -0.1) is 17.9 Å². The zero-order valence-corrected chi connectivity index (χ0v) is 17.8. The van der Waals surface area contributed by atoms with E-state index in [1.165, 1.54) is 7.11 Å². The number of ether oxygens (including phenoxy) is 2. The van der Waals surface area contributed by atoms with Crippen molar-refractivity contribution in [3.63, 3.8) is 0 Å². The van der Waals surface area contributed by atoms with E-state index >= 15 is 0 Å². The van der Waals surface area contributed by atoms with E-state index in [0.29, 0.717) is 24.2 Å². The summed E-state index contributed by atoms with van der Waals surface area (Å²) in [5.41, 5.74) is 13.5. The first-order valence-corrected chi connectivity index (χ1v) is 7.84. The summed E-state index contributed by atoms with van der Waals surface area (Å²) in [6.45, 7) is 4.00. The van der Waals surface area contributed by atoms with Crippen molar-refractivity contribution in [2.75, 3.05) is 7.11 Å². The van der Waals surface area contributed by atoms with Crippen molar-refractivity contribution in [3.8, 4) is 5.75 Å². The van der Waals surface area contributed by atoms with Crippen LogP contribution in [0, 0.1) is 11.0 Å². The molecular formula is C18H22N3O3Zn-.